The number of nitrogens with one attached hydrogen (secondary N) is 1. The summed E-state index contributed by atoms with van der Waals surface area (Å²) in [7, 11) is 4.14. The van der Waals surface area contributed by atoms with E-state index in [-0.39, 0.29) is 0 Å². The molecule has 0 spiro atoms. The summed E-state index contributed by atoms with van der Waals surface area (Å²) >= 11 is 0. The Balaban J connectivity index is 1.67. The Morgan fingerprint density at radius 2 is 1.95 bits per heavy atom. The lowest BCUT2D eigenvalue weighted by Gasteiger charge is -2.19. The molecule has 1 N–H and O–H groups in total. The van der Waals surface area contributed by atoms with Gasteiger partial charge in [-0.15, -0.1) is 0 Å². The van der Waals surface area contributed by atoms with E-state index >= 15 is 0 Å². The summed E-state index contributed by atoms with van der Waals surface area (Å²) in [5.74, 6) is 0.823. The van der Waals surface area contributed by atoms with Crippen LogP contribution < -0.4 is 5.32 Å². The van der Waals surface area contributed by atoms with Gasteiger partial charge in [0.2, 0.25) is 0 Å². The van der Waals surface area contributed by atoms with Crippen molar-refractivity contribution in [1.82, 2.24) is 10.2 Å². The number of nitrogens with zero attached hydrogens (tertiary/aromatic N) is 1. The standard InChI is InChI=1S/C16H26N2O/c1-18(2)11-13-19-12-10-17-16(15-8-9-15)14-6-4-3-5-7-14/h3-7,15-17H,8-13H2,1-2H3. The quantitative estimate of drug-likeness (QED) is 0.691. The van der Waals surface area contributed by atoms with Crippen LogP contribution in [0.1, 0.15) is 24.4 Å². The highest BCUT2D eigenvalue weighted by Crippen LogP contribution is 2.40. The number of rotatable bonds is 9. The van der Waals surface area contributed by atoms with Gasteiger partial charge in [0.05, 0.1) is 13.2 Å². The summed E-state index contributed by atoms with van der Waals surface area (Å²) < 4.78 is 5.63. The molecular formula is C16H26N2O. The van der Waals surface area contributed by atoms with Gasteiger partial charge in [-0.05, 0) is 38.4 Å². The molecule has 0 aromatic heterocycles. The lowest BCUT2D eigenvalue weighted by Crippen LogP contribution is -2.28. The van der Waals surface area contributed by atoms with Gasteiger partial charge in [-0.1, -0.05) is 30.3 Å². The lowest BCUT2D eigenvalue weighted by molar-refractivity contribution is 0.117. The van der Waals surface area contributed by atoms with E-state index < -0.39 is 0 Å². The summed E-state index contributed by atoms with van der Waals surface area (Å²) in [6.45, 7) is 3.53. The van der Waals surface area contributed by atoms with Gasteiger partial charge < -0.3 is 15.0 Å². The van der Waals surface area contributed by atoms with Crippen LogP contribution in [0.5, 0.6) is 0 Å². The minimum absolute atomic E-state index is 0.513. The van der Waals surface area contributed by atoms with Crippen LogP contribution in [-0.2, 0) is 4.74 Å². The summed E-state index contributed by atoms with van der Waals surface area (Å²) in [5, 5.41) is 3.65. The van der Waals surface area contributed by atoms with Crippen LogP contribution >= 0.6 is 0 Å². The van der Waals surface area contributed by atoms with Crippen LogP contribution in [0.25, 0.3) is 0 Å². The summed E-state index contributed by atoms with van der Waals surface area (Å²) in [6.07, 6.45) is 2.71. The molecule has 0 saturated heterocycles. The summed E-state index contributed by atoms with van der Waals surface area (Å²) in [4.78, 5) is 2.14. The molecular weight excluding hydrogens is 236 g/mol. The number of ether oxygens (including phenoxy) is 1. The van der Waals surface area contributed by atoms with Crippen molar-refractivity contribution >= 4 is 0 Å². The summed E-state index contributed by atoms with van der Waals surface area (Å²) in [6, 6.07) is 11.3. The molecule has 1 unspecified atom stereocenters. The maximum atomic E-state index is 5.63. The number of hydrogen-bond donors (Lipinski definition) is 1. The molecule has 19 heavy (non-hydrogen) atoms. The van der Waals surface area contributed by atoms with Crippen molar-refractivity contribution in [3.63, 3.8) is 0 Å². The Kier molecular flexibility index (Phi) is 5.83. The second-order valence-electron chi connectivity index (χ2n) is 5.60. The van der Waals surface area contributed by atoms with Gasteiger partial charge in [-0.2, -0.15) is 0 Å². The first-order chi connectivity index (χ1) is 9.27. The Morgan fingerprint density at radius 1 is 1.21 bits per heavy atom. The first-order valence-electron chi connectivity index (χ1n) is 7.28. The molecule has 0 radical (unpaired) electrons. The molecule has 1 aliphatic carbocycles. The lowest BCUT2D eigenvalue weighted by atomic mass is 10.0. The molecule has 3 nitrogen and oxygen atoms in total. The third-order valence-corrected chi connectivity index (χ3v) is 3.55. The van der Waals surface area contributed by atoms with Gasteiger partial charge >= 0.3 is 0 Å². The molecule has 1 atom stereocenters. The van der Waals surface area contributed by atoms with Crippen molar-refractivity contribution in [3.05, 3.63) is 35.9 Å². The molecule has 1 aliphatic rings. The largest absolute Gasteiger partial charge is 0.379 e. The van der Waals surface area contributed by atoms with Crippen LogP contribution in [-0.4, -0.2) is 45.3 Å². The van der Waals surface area contributed by atoms with Gasteiger partial charge in [0.25, 0.3) is 0 Å². The molecule has 1 aromatic carbocycles. The minimum atomic E-state index is 0.513. The highest BCUT2D eigenvalue weighted by Gasteiger charge is 2.31. The maximum Gasteiger partial charge on any atom is 0.0593 e. The molecule has 3 heteroatoms. The zero-order chi connectivity index (χ0) is 13.5. The number of hydrogen-bond acceptors (Lipinski definition) is 3. The van der Waals surface area contributed by atoms with Crippen molar-refractivity contribution in [2.45, 2.75) is 18.9 Å². The average Bonchev–Trinajstić information content (AvgIpc) is 3.23. The predicted octanol–water partition coefficient (Wildman–Crippen LogP) is 2.31. The Hall–Kier alpha value is -0.900. The Morgan fingerprint density at radius 3 is 2.58 bits per heavy atom. The normalized spacial score (nSPS) is 16.8. The molecule has 1 aromatic rings. The molecule has 1 fully saturated rings. The van der Waals surface area contributed by atoms with E-state index in [0.29, 0.717) is 6.04 Å². The number of likely N-dealkylation sites (N-methyl/N-ethyl adjacent to an activating group) is 1. The third kappa shape index (κ3) is 5.31. The minimum Gasteiger partial charge on any atom is -0.379 e. The Bertz CT molecular complexity index is 349. The highest BCUT2D eigenvalue weighted by molar-refractivity contribution is 5.21. The first kappa shape index (κ1) is 14.5. The second-order valence-corrected chi connectivity index (χ2v) is 5.60. The van der Waals surface area contributed by atoms with Crippen molar-refractivity contribution in [2.24, 2.45) is 5.92 Å². The SMILES string of the molecule is CN(C)CCOCCNC(c1ccccc1)C1CC1. The van der Waals surface area contributed by atoms with Crippen molar-refractivity contribution in [2.75, 3.05) is 40.4 Å². The third-order valence-electron chi connectivity index (χ3n) is 3.55. The molecule has 0 amide bonds. The molecule has 0 aliphatic heterocycles. The fourth-order valence-corrected chi connectivity index (χ4v) is 2.28. The van der Waals surface area contributed by atoms with E-state index in [1.807, 2.05) is 0 Å². The first-order valence-corrected chi connectivity index (χ1v) is 7.28. The Labute approximate surface area is 116 Å². The predicted molar refractivity (Wildman–Crippen MR) is 79.3 cm³/mol. The van der Waals surface area contributed by atoms with Crippen molar-refractivity contribution < 1.29 is 4.74 Å². The van der Waals surface area contributed by atoms with E-state index in [1.54, 1.807) is 0 Å². The highest BCUT2D eigenvalue weighted by atomic mass is 16.5. The van der Waals surface area contributed by atoms with Crippen LogP contribution in [0.15, 0.2) is 30.3 Å². The summed E-state index contributed by atoms with van der Waals surface area (Å²) in [5.41, 5.74) is 1.42. The van der Waals surface area contributed by atoms with E-state index in [9.17, 15) is 0 Å². The molecule has 2 rings (SSSR count). The van der Waals surface area contributed by atoms with Crippen LogP contribution in [0.2, 0.25) is 0 Å². The van der Waals surface area contributed by atoms with E-state index in [0.717, 1.165) is 32.2 Å². The average molecular weight is 262 g/mol. The topological polar surface area (TPSA) is 24.5 Å². The number of benzene rings is 1. The van der Waals surface area contributed by atoms with Gasteiger partial charge in [-0.25, -0.2) is 0 Å². The van der Waals surface area contributed by atoms with Crippen molar-refractivity contribution in [1.29, 1.82) is 0 Å². The van der Waals surface area contributed by atoms with E-state index in [2.05, 4.69) is 54.6 Å². The second kappa shape index (κ2) is 7.63. The fraction of sp³-hybridized carbons (Fsp3) is 0.625. The van der Waals surface area contributed by atoms with Crippen LogP contribution in [0.4, 0.5) is 0 Å². The van der Waals surface area contributed by atoms with Gasteiger partial charge in [-0.3, -0.25) is 0 Å². The zero-order valence-corrected chi connectivity index (χ0v) is 12.1. The van der Waals surface area contributed by atoms with Gasteiger partial charge in [0.15, 0.2) is 0 Å². The van der Waals surface area contributed by atoms with Gasteiger partial charge in [0, 0.05) is 19.1 Å². The van der Waals surface area contributed by atoms with Crippen molar-refractivity contribution in [3.8, 4) is 0 Å². The monoisotopic (exact) mass is 262 g/mol. The molecule has 0 heterocycles. The molecule has 1 saturated carbocycles. The molecule has 106 valence electrons. The van der Waals surface area contributed by atoms with Crippen LogP contribution in [0.3, 0.4) is 0 Å². The van der Waals surface area contributed by atoms with Gasteiger partial charge in [0.1, 0.15) is 0 Å². The maximum absolute atomic E-state index is 5.63. The molecule has 0 bridgehead atoms. The van der Waals surface area contributed by atoms with E-state index in [1.165, 1.54) is 18.4 Å². The van der Waals surface area contributed by atoms with Crippen LogP contribution in [0, 0.1) is 5.92 Å². The smallest absolute Gasteiger partial charge is 0.0593 e. The fourth-order valence-electron chi connectivity index (χ4n) is 2.28. The van der Waals surface area contributed by atoms with E-state index in [4.69, 9.17) is 4.74 Å². The zero-order valence-electron chi connectivity index (χ0n) is 12.1.